The molecule has 0 amide bonds. The fourth-order valence-electron chi connectivity index (χ4n) is 2.00. The van der Waals surface area contributed by atoms with Gasteiger partial charge in [-0.1, -0.05) is 13.3 Å². The van der Waals surface area contributed by atoms with Crippen molar-refractivity contribution in [3.8, 4) is 5.75 Å². The normalized spacial score (nSPS) is 11.7. The molecule has 0 bridgehead atoms. The van der Waals surface area contributed by atoms with Gasteiger partial charge in [-0.2, -0.15) is 0 Å². The molecule has 0 radical (unpaired) electrons. The van der Waals surface area contributed by atoms with Crippen LogP contribution in [0.1, 0.15) is 25.3 Å². The predicted octanol–water partition coefficient (Wildman–Crippen LogP) is 3.02. The van der Waals surface area contributed by atoms with Crippen LogP contribution < -0.4 is 9.92 Å². The second-order valence-electron chi connectivity index (χ2n) is 4.49. The summed E-state index contributed by atoms with van der Waals surface area (Å²) in [6.45, 7) is 4.81. The van der Waals surface area contributed by atoms with Crippen LogP contribution in [0.3, 0.4) is 0 Å². The Kier molecular flexibility index (Phi) is 7.18. The van der Waals surface area contributed by atoms with E-state index in [1.165, 1.54) is 0 Å². The number of aryl methyl sites for hydroxylation is 1. The van der Waals surface area contributed by atoms with Crippen LogP contribution in [-0.2, 0) is 13.3 Å². The number of unbranched alkanes of at least 4 members (excludes halogenated alkanes) is 1. The maximum absolute atomic E-state index is 5.92. The molecule has 0 saturated carbocycles. The third kappa shape index (κ3) is 3.83. The molecule has 0 aliphatic rings. The molecule has 6 heteroatoms. The highest BCUT2D eigenvalue weighted by Crippen LogP contribution is 2.28. The summed E-state index contributed by atoms with van der Waals surface area (Å²) >= 11 is 3.56. The Balaban J connectivity index is 3.27. The summed E-state index contributed by atoms with van der Waals surface area (Å²) < 4.78 is 23.5. The molecule has 0 spiro atoms. The molecule has 20 heavy (non-hydrogen) atoms. The molecule has 0 atom stereocenters. The van der Waals surface area contributed by atoms with Crippen molar-refractivity contribution in [2.24, 2.45) is 0 Å². The number of ether oxygens (including phenoxy) is 1. The zero-order chi connectivity index (χ0) is 15.2. The van der Waals surface area contributed by atoms with Crippen LogP contribution in [0.25, 0.3) is 0 Å². The van der Waals surface area contributed by atoms with Gasteiger partial charge in [-0.05, 0) is 47.0 Å². The minimum absolute atomic E-state index is 0.660. The lowest BCUT2D eigenvalue weighted by molar-refractivity contribution is 0.139. The number of halogens is 1. The van der Waals surface area contributed by atoms with E-state index in [0.29, 0.717) is 6.61 Å². The minimum Gasteiger partial charge on any atom is -0.492 e. The molecule has 0 unspecified atom stereocenters. The fourth-order valence-corrected chi connectivity index (χ4v) is 4.92. The van der Waals surface area contributed by atoms with E-state index in [4.69, 9.17) is 18.0 Å². The smallest absolute Gasteiger partial charge is 0.492 e. The monoisotopic (exact) mass is 362 g/mol. The lowest BCUT2D eigenvalue weighted by atomic mass is 10.2. The standard InChI is InChI=1S/C14H23BrO4Si/c1-6-7-8-19-14-12(15)9-11(2)10-13(14)20(16-3,17-4)18-5/h9-10H,6-8H2,1-5H3. The average molecular weight is 363 g/mol. The van der Waals surface area contributed by atoms with Gasteiger partial charge < -0.3 is 18.0 Å². The van der Waals surface area contributed by atoms with Crippen molar-refractivity contribution in [2.45, 2.75) is 26.7 Å². The summed E-state index contributed by atoms with van der Waals surface area (Å²) in [6.07, 6.45) is 2.08. The van der Waals surface area contributed by atoms with Crippen LogP contribution in [0, 0.1) is 6.92 Å². The molecule has 114 valence electrons. The van der Waals surface area contributed by atoms with E-state index < -0.39 is 8.80 Å². The van der Waals surface area contributed by atoms with E-state index in [0.717, 1.165) is 33.8 Å². The van der Waals surface area contributed by atoms with E-state index in [2.05, 4.69) is 22.9 Å². The topological polar surface area (TPSA) is 36.9 Å². The number of rotatable bonds is 8. The van der Waals surface area contributed by atoms with Crippen LogP contribution in [0.15, 0.2) is 16.6 Å². The molecule has 0 aromatic heterocycles. The molecule has 0 aliphatic carbocycles. The van der Waals surface area contributed by atoms with Gasteiger partial charge in [0.15, 0.2) is 0 Å². The first-order chi connectivity index (χ1) is 9.54. The molecule has 1 aromatic carbocycles. The minimum atomic E-state index is -2.92. The van der Waals surface area contributed by atoms with Gasteiger partial charge in [0.1, 0.15) is 5.75 Å². The van der Waals surface area contributed by atoms with E-state index >= 15 is 0 Å². The number of hydrogen-bond acceptors (Lipinski definition) is 4. The lowest BCUT2D eigenvalue weighted by Gasteiger charge is -2.27. The van der Waals surface area contributed by atoms with Crippen molar-refractivity contribution >= 4 is 29.9 Å². The van der Waals surface area contributed by atoms with E-state index in [1.807, 2.05) is 19.1 Å². The summed E-state index contributed by atoms with van der Waals surface area (Å²) in [5, 5.41) is 0.855. The van der Waals surface area contributed by atoms with Crippen LogP contribution in [0.5, 0.6) is 5.75 Å². The molecule has 1 rings (SSSR count). The molecule has 0 fully saturated rings. The molecule has 4 nitrogen and oxygen atoms in total. The average Bonchev–Trinajstić information content (AvgIpc) is 2.44. The summed E-state index contributed by atoms with van der Waals surface area (Å²) in [6, 6.07) is 4.03. The van der Waals surface area contributed by atoms with Gasteiger partial charge >= 0.3 is 8.80 Å². The first-order valence-electron chi connectivity index (χ1n) is 6.63. The summed E-state index contributed by atoms with van der Waals surface area (Å²) in [5.74, 6) is 0.751. The predicted molar refractivity (Wildman–Crippen MR) is 85.7 cm³/mol. The second-order valence-corrected chi connectivity index (χ2v) is 8.22. The van der Waals surface area contributed by atoms with Gasteiger partial charge in [-0.25, -0.2) is 0 Å². The van der Waals surface area contributed by atoms with Gasteiger partial charge in [0, 0.05) is 21.3 Å². The van der Waals surface area contributed by atoms with Crippen LogP contribution in [0.4, 0.5) is 0 Å². The highest BCUT2D eigenvalue weighted by atomic mass is 79.9. The van der Waals surface area contributed by atoms with Gasteiger partial charge in [0.25, 0.3) is 0 Å². The molecule has 1 aromatic rings. The molecule has 0 aliphatic heterocycles. The van der Waals surface area contributed by atoms with E-state index in [-0.39, 0.29) is 0 Å². The highest BCUT2D eigenvalue weighted by molar-refractivity contribution is 9.10. The Morgan fingerprint density at radius 3 is 2.20 bits per heavy atom. The largest absolute Gasteiger partial charge is 0.540 e. The van der Waals surface area contributed by atoms with Crippen molar-refractivity contribution in [1.82, 2.24) is 0 Å². The highest BCUT2D eigenvalue weighted by Gasteiger charge is 2.44. The lowest BCUT2D eigenvalue weighted by Crippen LogP contribution is -2.55. The maximum atomic E-state index is 5.92. The SMILES string of the molecule is CCCCOc1c(Br)cc(C)cc1[Si](OC)(OC)OC. The Morgan fingerprint density at radius 1 is 1.10 bits per heavy atom. The second kappa shape index (κ2) is 8.14. The zero-order valence-corrected chi connectivity index (χ0v) is 15.4. The summed E-state index contributed by atoms with van der Waals surface area (Å²) in [4.78, 5) is 0. The summed E-state index contributed by atoms with van der Waals surface area (Å²) in [5.41, 5.74) is 1.10. The first-order valence-corrected chi connectivity index (χ1v) is 9.15. The fraction of sp³-hybridized carbons (Fsp3) is 0.571. The maximum Gasteiger partial charge on any atom is 0.540 e. The molecule has 0 N–H and O–H groups in total. The van der Waals surface area contributed by atoms with Crippen molar-refractivity contribution in [2.75, 3.05) is 27.9 Å². The quantitative estimate of drug-likeness (QED) is 0.526. The summed E-state index contributed by atoms with van der Waals surface area (Å²) in [7, 11) is 1.89. The van der Waals surface area contributed by atoms with Gasteiger partial charge in [0.05, 0.1) is 16.3 Å². The Hall–Kier alpha value is -0.403. The molecular weight excluding hydrogens is 340 g/mol. The third-order valence-electron chi connectivity index (χ3n) is 3.07. The van der Waals surface area contributed by atoms with Crippen LogP contribution >= 0.6 is 15.9 Å². The molecule has 0 heterocycles. The van der Waals surface area contributed by atoms with Crippen molar-refractivity contribution < 1.29 is 18.0 Å². The Morgan fingerprint density at radius 2 is 1.70 bits per heavy atom. The Bertz CT molecular complexity index is 427. The Labute approximate surface area is 130 Å². The zero-order valence-electron chi connectivity index (χ0n) is 12.8. The van der Waals surface area contributed by atoms with Gasteiger partial charge in [-0.3, -0.25) is 0 Å². The van der Waals surface area contributed by atoms with Crippen molar-refractivity contribution in [3.05, 3.63) is 22.2 Å². The van der Waals surface area contributed by atoms with Gasteiger partial charge in [0.2, 0.25) is 0 Å². The first kappa shape index (κ1) is 17.6. The molecule has 0 saturated heterocycles. The van der Waals surface area contributed by atoms with Crippen molar-refractivity contribution in [1.29, 1.82) is 0 Å². The van der Waals surface area contributed by atoms with Crippen LogP contribution in [0.2, 0.25) is 0 Å². The van der Waals surface area contributed by atoms with Gasteiger partial charge in [-0.15, -0.1) is 0 Å². The third-order valence-corrected chi connectivity index (χ3v) is 6.30. The number of benzene rings is 1. The number of hydrogen-bond donors (Lipinski definition) is 0. The van der Waals surface area contributed by atoms with E-state index in [1.54, 1.807) is 21.3 Å². The van der Waals surface area contributed by atoms with Crippen LogP contribution in [-0.4, -0.2) is 36.7 Å². The van der Waals surface area contributed by atoms with E-state index in [9.17, 15) is 0 Å². The van der Waals surface area contributed by atoms with Crippen molar-refractivity contribution in [3.63, 3.8) is 0 Å². The molecular formula is C14H23BrO4Si.